The van der Waals surface area contributed by atoms with Crippen LogP contribution in [0.3, 0.4) is 0 Å². The molecule has 0 spiro atoms. The molecule has 0 aromatic heterocycles. The lowest BCUT2D eigenvalue weighted by Crippen LogP contribution is -2.45. The molecule has 0 amide bonds. The molecule has 1 aromatic carbocycles. The number of aliphatic hydroxyl groups is 1. The van der Waals surface area contributed by atoms with Crippen molar-refractivity contribution in [2.75, 3.05) is 6.54 Å². The maximum Gasteiger partial charge on any atom is 0.335 e. The summed E-state index contributed by atoms with van der Waals surface area (Å²) in [6, 6.07) is 7.67. The molecule has 1 heterocycles. The molecule has 2 aliphatic rings. The summed E-state index contributed by atoms with van der Waals surface area (Å²) in [5, 5.41) is 19.2. The van der Waals surface area contributed by atoms with Crippen LogP contribution in [0.25, 0.3) is 0 Å². The number of carboxylic acids is 1. The second kappa shape index (κ2) is 6.80. The molecule has 1 aliphatic heterocycles. The Morgan fingerprint density at radius 1 is 1.09 bits per heavy atom. The van der Waals surface area contributed by atoms with E-state index in [1.54, 1.807) is 12.1 Å². The molecule has 2 N–H and O–H groups in total. The number of hydrogen-bond acceptors (Lipinski definition) is 3. The van der Waals surface area contributed by atoms with Gasteiger partial charge >= 0.3 is 5.97 Å². The number of carbonyl (C=O) groups is 1. The molecular formula is C18H25NO3. The topological polar surface area (TPSA) is 60.8 Å². The zero-order valence-electron chi connectivity index (χ0n) is 12.9. The van der Waals surface area contributed by atoms with Gasteiger partial charge in [0.1, 0.15) is 0 Å². The van der Waals surface area contributed by atoms with Gasteiger partial charge in [-0.2, -0.15) is 0 Å². The fourth-order valence-electron chi connectivity index (χ4n) is 4.10. The third-order valence-corrected chi connectivity index (χ3v) is 5.28. The van der Waals surface area contributed by atoms with Gasteiger partial charge in [0.05, 0.1) is 11.7 Å². The quantitative estimate of drug-likeness (QED) is 0.898. The normalized spacial score (nSPS) is 29.6. The van der Waals surface area contributed by atoms with E-state index in [9.17, 15) is 9.90 Å². The van der Waals surface area contributed by atoms with Crippen LogP contribution in [0.1, 0.15) is 54.4 Å². The number of hydrogen-bond donors (Lipinski definition) is 2. The van der Waals surface area contributed by atoms with E-state index in [1.807, 2.05) is 12.1 Å². The number of carboxylic acid groups (broad SMARTS) is 1. The Kier molecular flexibility index (Phi) is 4.79. The molecule has 3 rings (SSSR count). The second-order valence-electron chi connectivity index (χ2n) is 6.70. The summed E-state index contributed by atoms with van der Waals surface area (Å²) >= 11 is 0. The van der Waals surface area contributed by atoms with Crippen LogP contribution in [0.15, 0.2) is 24.3 Å². The van der Waals surface area contributed by atoms with Gasteiger partial charge in [-0.05, 0) is 49.9 Å². The summed E-state index contributed by atoms with van der Waals surface area (Å²) in [6.07, 6.45) is 6.73. The molecule has 0 radical (unpaired) electrons. The maximum atomic E-state index is 10.9. The number of benzene rings is 1. The van der Waals surface area contributed by atoms with Gasteiger partial charge in [-0.25, -0.2) is 4.79 Å². The van der Waals surface area contributed by atoms with Gasteiger partial charge in [-0.3, -0.25) is 4.90 Å². The molecule has 1 saturated heterocycles. The SMILES string of the molecule is O=C(O)c1ccc(CN2CCCCC2C2CCCC2O)cc1. The molecule has 120 valence electrons. The van der Waals surface area contributed by atoms with Crippen LogP contribution in [-0.4, -0.2) is 39.8 Å². The summed E-state index contributed by atoms with van der Waals surface area (Å²) < 4.78 is 0. The highest BCUT2D eigenvalue weighted by Crippen LogP contribution is 2.35. The van der Waals surface area contributed by atoms with Gasteiger partial charge in [0.25, 0.3) is 0 Å². The predicted octanol–water partition coefficient (Wildman–Crippen LogP) is 2.90. The Labute approximate surface area is 131 Å². The van der Waals surface area contributed by atoms with Crippen molar-refractivity contribution in [3.63, 3.8) is 0 Å². The molecule has 2 fully saturated rings. The molecule has 4 nitrogen and oxygen atoms in total. The minimum atomic E-state index is -0.878. The van der Waals surface area contributed by atoms with Crippen LogP contribution in [0, 0.1) is 5.92 Å². The summed E-state index contributed by atoms with van der Waals surface area (Å²) in [4.78, 5) is 13.4. The van der Waals surface area contributed by atoms with Crippen molar-refractivity contribution in [1.82, 2.24) is 4.90 Å². The van der Waals surface area contributed by atoms with E-state index in [1.165, 1.54) is 19.3 Å². The van der Waals surface area contributed by atoms with Gasteiger partial charge in [0.15, 0.2) is 0 Å². The molecule has 0 bridgehead atoms. The minimum absolute atomic E-state index is 0.139. The fourth-order valence-corrected chi connectivity index (χ4v) is 4.10. The van der Waals surface area contributed by atoms with Crippen LogP contribution in [0.5, 0.6) is 0 Å². The maximum absolute atomic E-state index is 10.9. The van der Waals surface area contributed by atoms with Crippen LogP contribution < -0.4 is 0 Å². The Morgan fingerprint density at radius 3 is 2.50 bits per heavy atom. The van der Waals surface area contributed by atoms with Crippen molar-refractivity contribution < 1.29 is 15.0 Å². The molecule has 3 unspecified atom stereocenters. The van der Waals surface area contributed by atoms with Gasteiger partial charge in [-0.1, -0.05) is 25.0 Å². The molecule has 1 aliphatic carbocycles. The Bertz CT molecular complexity index is 514. The fraction of sp³-hybridized carbons (Fsp3) is 0.611. The van der Waals surface area contributed by atoms with E-state index in [0.717, 1.165) is 37.9 Å². The third kappa shape index (κ3) is 3.33. The monoisotopic (exact) mass is 303 g/mol. The summed E-state index contributed by atoms with van der Waals surface area (Å²) in [7, 11) is 0. The molecule has 3 atom stereocenters. The van der Waals surface area contributed by atoms with Gasteiger partial charge in [0, 0.05) is 18.5 Å². The highest BCUT2D eigenvalue weighted by Gasteiger charge is 2.36. The zero-order chi connectivity index (χ0) is 15.5. The smallest absolute Gasteiger partial charge is 0.335 e. The summed E-state index contributed by atoms with van der Waals surface area (Å²) in [5.74, 6) is -0.463. The van der Waals surface area contributed by atoms with Crippen LogP contribution in [0.4, 0.5) is 0 Å². The van der Waals surface area contributed by atoms with Crippen molar-refractivity contribution in [3.05, 3.63) is 35.4 Å². The summed E-state index contributed by atoms with van der Waals surface area (Å²) in [6.45, 7) is 1.93. The van der Waals surface area contributed by atoms with Crippen LogP contribution in [0.2, 0.25) is 0 Å². The number of nitrogens with zero attached hydrogens (tertiary/aromatic N) is 1. The molecule has 1 aromatic rings. The standard InChI is InChI=1S/C18H25NO3/c20-17-6-3-4-15(17)16-5-1-2-11-19(16)12-13-7-9-14(10-8-13)18(21)22/h7-10,15-17,20H,1-6,11-12H2,(H,21,22). The average Bonchev–Trinajstić information content (AvgIpc) is 2.94. The van der Waals surface area contributed by atoms with E-state index < -0.39 is 5.97 Å². The first-order chi connectivity index (χ1) is 10.6. The van der Waals surface area contributed by atoms with Crippen molar-refractivity contribution in [2.24, 2.45) is 5.92 Å². The van der Waals surface area contributed by atoms with Crippen molar-refractivity contribution in [3.8, 4) is 0 Å². The number of likely N-dealkylation sites (tertiary alicyclic amines) is 1. The summed E-state index contributed by atoms with van der Waals surface area (Å²) in [5.41, 5.74) is 1.49. The van der Waals surface area contributed by atoms with E-state index in [-0.39, 0.29) is 6.10 Å². The lowest BCUT2D eigenvalue weighted by molar-refractivity contribution is 0.0313. The van der Waals surface area contributed by atoms with Crippen molar-refractivity contribution >= 4 is 5.97 Å². The first kappa shape index (κ1) is 15.5. The lowest BCUT2D eigenvalue weighted by Gasteiger charge is -2.40. The highest BCUT2D eigenvalue weighted by molar-refractivity contribution is 5.87. The highest BCUT2D eigenvalue weighted by atomic mass is 16.4. The van der Waals surface area contributed by atoms with E-state index in [2.05, 4.69) is 4.90 Å². The minimum Gasteiger partial charge on any atom is -0.478 e. The van der Waals surface area contributed by atoms with E-state index >= 15 is 0 Å². The third-order valence-electron chi connectivity index (χ3n) is 5.28. The van der Waals surface area contributed by atoms with Crippen LogP contribution in [-0.2, 0) is 6.54 Å². The molecule has 1 saturated carbocycles. The van der Waals surface area contributed by atoms with Gasteiger partial charge < -0.3 is 10.2 Å². The number of aliphatic hydroxyl groups excluding tert-OH is 1. The molecule has 4 heteroatoms. The van der Waals surface area contributed by atoms with Gasteiger partial charge in [-0.15, -0.1) is 0 Å². The van der Waals surface area contributed by atoms with Gasteiger partial charge in [0.2, 0.25) is 0 Å². The predicted molar refractivity (Wildman–Crippen MR) is 84.8 cm³/mol. The first-order valence-electron chi connectivity index (χ1n) is 8.39. The number of aromatic carboxylic acids is 1. The lowest BCUT2D eigenvalue weighted by atomic mass is 9.87. The van der Waals surface area contributed by atoms with E-state index in [4.69, 9.17) is 5.11 Å². The number of piperidine rings is 1. The first-order valence-corrected chi connectivity index (χ1v) is 8.39. The Balaban J connectivity index is 1.69. The second-order valence-corrected chi connectivity index (χ2v) is 6.70. The Morgan fingerprint density at radius 2 is 1.86 bits per heavy atom. The van der Waals surface area contributed by atoms with E-state index in [0.29, 0.717) is 17.5 Å². The van der Waals surface area contributed by atoms with Crippen molar-refractivity contribution in [1.29, 1.82) is 0 Å². The molecule has 22 heavy (non-hydrogen) atoms. The largest absolute Gasteiger partial charge is 0.478 e. The number of rotatable bonds is 4. The Hall–Kier alpha value is -1.39. The molecular weight excluding hydrogens is 278 g/mol. The van der Waals surface area contributed by atoms with Crippen LogP contribution >= 0.6 is 0 Å². The zero-order valence-corrected chi connectivity index (χ0v) is 12.9. The van der Waals surface area contributed by atoms with Crippen molar-refractivity contribution in [2.45, 2.75) is 57.2 Å². The average molecular weight is 303 g/mol.